The maximum absolute atomic E-state index is 13.6. The molecule has 0 fully saturated rings. The summed E-state index contributed by atoms with van der Waals surface area (Å²) in [5.74, 6) is -1.61. The van der Waals surface area contributed by atoms with Gasteiger partial charge in [0.25, 0.3) is 0 Å². The van der Waals surface area contributed by atoms with E-state index in [9.17, 15) is 8.78 Å². The molecular formula is C17H18F2N2. The first-order chi connectivity index (χ1) is 10.2. The number of fused-ring (bicyclic) bond motifs is 1. The van der Waals surface area contributed by atoms with Gasteiger partial charge >= 0.3 is 0 Å². The van der Waals surface area contributed by atoms with E-state index in [1.807, 2.05) is 30.3 Å². The van der Waals surface area contributed by atoms with Crippen molar-refractivity contribution in [2.75, 3.05) is 16.8 Å². The normalized spacial score (nSPS) is 17.3. The highest BCUT2D eigenvalue weighted by Crippen LogP contribution is 2.35. The van der Waals surface area contributed by atoms with E-state index in [-0.39, 0.29) is 6.04 Å². The van der Waals surface area contributed by atoms with Gasteiger partial charge < -0.3 is 10.2 Å². The molecule has 0 amide bonds. The molecule has 110 valence electrons. The molecule has 1 N–H and O–H groups in total. The van der Waals surface area contributed by atoms with E-state index in [1.54, 1.807) is 0 Å². The van der Waals surface area contributed by atoms with Crippen LogP contribution < -0.4 is 10.2 Å². The van der Waals surface area contributed by atoms with Crippen LogP contribution in [0.1, 0.15) is 18.9 Å². The van der Waals surface area contributed by atoms with Gasteiger partial charge in [-0.15, -0.1) is 0 Å². The Bertz CT molecular complexity index is 628. The second kappa shape index (κ2) is 5.72. The van der Waals surface area contributed by atoms with E-state index >= 15 is 0 Å². The molecule has 1 aliphatic rings. The highest BCUT2D eigenvalue weighted by molar-refractivity contribution is 5.73. The summed E-state index contributed by atoms with van der Waals surface area (Å²) in [6, 6.07) is 12.9. The predicted molar refractivity (Wildman–Crippen MR) is 81.6 cm³/mol. The fraction of sp³-hybridized carbons (Fsp3) is 0.294. The van der Waals surface area contributed by atoms with Crippen LogP contribution >= 0.6 is 0 Å². The fourth-order valence-corrected chi connectivity index (χ4v) is 2.81. The van der Waals surface area contributed by atoms with Gasteiger partial charge in [0.05, 0.1) is 11.4 Å². The largest absolute Gasteiger partial charge is 0.381 e. The lowest BCUT2D eigenvalue weighted by atomic mass is 10.0. The van der Waals surface area contributed by atoms with Crippen LogP contribution in [0.25, 0.3) is 0 Å². The van der Waals surface area contributed by atoms with Crippen molar-refractivity contribution < 1.29 is 8.78 Å². The molecule has 0 bridgehead atoms. The minimum atomic E-state index is -0.809. The van der Waals surface area contributed by atoms with Crippen LogP contribution in [-0.2, 0) is 6.54 Å². The van der Waals surface area contributed by atoms with E-state index in [4.69, 9.17) is 0 Å². The van der Waals surface area contributed by atoms with Crippen LogP contribution in [0, 0.1) is 11.6 Å². The average Bonchev–Trinajstić information content (AvgIpc) is 2.50. The van der Waals surface area contributed by atoms with Crippen LogP contribution in [0.4, 0.5) is 20.2 Å². The van der Waals surface area contributed by atoms with Crippen molar-refractivity contribution in [1.82, 2.24) is 0 Å². The average molecular weight is 288 g/mol. The molecule has 0 spiro atoms. The summed E-state index contributed by atoms with van der Waals surface area (Å²) in [5, 5.41) is 3.20. The Hall–Kier alpha value is -2.10. The molecule has 2 aromatic carbocycles. The second-order valence-electron chi connectivity index (χ2n) is 5.34. The van der Waals surface area contributed by atoms with Crippen LogP contribution in [0.15, 0.2) is 42.5 Å². The number of halogens is 2. The highest BCUT2D eigenvalue weighted by Gasteiger charge is 2.26. The summed E-state index contributed by atoms with van der Waals surface area (Å²) in [4.78, 5) is 2.16. The standard InChI is InChI=1S/C17H18F2N2/c1-2-13-10-20-16-8-14(18)15(19)9-17(16)21(13)11-12-6-4-3-5-7-12/h3-9,13,20H,2,10-11H2,1H3. The molecule has 0 aliphatic carbocycles. The van der Waals surface area contributed by atoms with Crippen LogP contribution in [0.3, 0.4) is 0 Å². The Kier molecular flexibility index (Phi) is 3.78. The number of hydrogen-bond acceptors (Lipinski definition) is 2. The Labute approximate surface area is 123 Å². The van der Waals surface area contributed by atoms with Gasteiger partial charge in [0, 0.05) is 31.3 Å². The lowest BCUT2D eigenvalue weighted by Gasteiger charge is -2.39. The highest BCUT2D eigenvalue weighted by atomic mass is 19.2. The quantitative estimate of drug-likeness (QED) is 0.911. The van der Waals surface area contributed by atoms with Crippen molar-refractivity contribution in [1.29, 1.82) is 0 Å². The first kappa shape index (κ1) is 13.9. The summed E-state index contributed by atoms with van der Waals surface area (Å²) < 4.78 is 27.0. The number of rotatable bonds is 3. The smallest absolute Gasteiger partial charge is 0.161 e. The molecule has 21 heavy (non-hydrogen) atoms. The van der Waals surface area contributed by atoms with Crippen molar-refractivity contribution in [2.45, 2.75) is 25.9 Å². The molecule has 1 heterocycles. The Balaban J connectivity index is 1.98. The van der Waals surface area contributed by atoms with E-state index < -0.39 is 11.6 Å². The molecule has 3 rings (SSSR count). The van der Waals surface area contributed by atoms with Crippen LogP contribution in [0.5, 0.6) is 0 Å². The molecule has 0 aromatic heterocycles. The number of benzene rings is 2. The van der Waals surface area contributed by atoms with Crippen molar-refractivity contribution in [3.63, 3.8) is 0 Å². The summed E-state index contributed by atoms with van der Waals surface area (Å²) in [7, 11) is 0. The molecule has 0 saturated heterocycles. The van der Waals surface area contributed by atoms with E-state index in [0.29, 0.717) is 12.2 Å². The van der Waals surface area contributed by atoms with E-state index in [2.05, 4.69) is 17.1 Å². The zero-order valence-electron chi connectivity index (χ0n) is 11.9. The first-order valence-corrected chi connectivity index (χ1v) is 7.22. The predicted octanol–water partition coefficient (Wildman–Crippen LogP) is 4.18. The number of anilines is 2. The third-order valence-electron chi connectivity index (χ3n) is 3.98. The van der Waals surface area contributed by atoms with E-state index in [0.717, 1.165) is 24.2 Å². The van der Waals surface area contributed by atoms with Crippen molar-refractivity contribution in [3.8, 4) is 0 Å². The Morgan fingerprint density at radius 2 is 1.86 bits per heavy atom. The fourth-order valence-electron chi connectivity index (χ4n) is 2.81. The number of nitrogens with zero attached hydrogens (tertiary/aromatic N) is 1. The molecule has 1 atom stereocenters. The third-order valence-corrected chi connectivity index (χ3v) is 3.98. The lowest BCUT2D eigenvalue weighted by molar-refractivity contribution is 0.504. The molecule has 1 aliphatic heterocycles. The zero-order chi connectivity index (χ0) is 14.8. The van der Waals surface area contributed by atoms with E-state index in [1.165, 1.54) is 12.1 Å². The van der Waals surface area contributed by atoms with Gasteiger partial charge in [0.15, 0.2) is 11.6 Å². The van der Waals surface area contributed by atoms with Crippen molar-refractivity contribution in [2.24, 2.45) is 0 Å². The SMILES string of the molecule is CCC1CNc2cc(F)c(F)cc2N1Cc1ccccc1. The third kappa shape index (κ3) is 2.71. The van der Waals surface area contributed by atoms with Gasteiger partial charge in [-0.3, -0.25) is 0 Å². The molecular weight excluding hydrogens is 270 g/mol. The molecule has 0 saturated carbocycles. The maximum atomic E-state index is 13.6. The maximum Gasteiger partial charge on any atom is 0.161 e. The summed E-state index contributed by atoms with van der Waals surface area (Å²) in [6.45, 7) is 3.54. The number of hydrogen-bond donors (Lipinski definition) is 1. The molecule has 2 aromatic rings. The lowest BCUT2D eigenvalue weighted by Crippen LogP contribution is -2.43. The minimum Gasteiger partial charge on any atom is -0.381 e. The molecule has 4 heteroatoms. The minimum absolute atomic E-state index is 0.266. The molecule has 1 unspecified atom stereocenters. The topological polar surface area (TPSA) is 15.3 Å². The summed E-state index contributed by atoms with van der Waals surface area (Å²) >= 11 is 0. The number of nitrogens with one attached hydrogen (secondary N) is 1. The van der Waals surface area contributed by atoms with Gasteiger partial charge in [-0.2, -0.15) is 0 Å². The Morgan fingerprint density at radius 3 is 2.57 bits per heavy atom. The zero-order valence-corrected chi connectivity index (χ0v) is 11.9. The van der Waals surface area contributed by atoms with Crippen LogP contribution in [0.2, 0.25) is 0 Å². The summed E-state index contributed by atoms with van der Waals surface area (Å²) in [5.41, 5.74) is 2.55. The van der Waals surface area contributed by atoms with Crippen LogP contribution in [-0.4, -0.2) is 12.6 Å². The van der Waals surface area contributed by atoms with Gasteiger partial charge in [-0.1, -0.05) is 37.3 Å². The monoisotopic (exact) mass is 288 g/mol. The Morgan fingerprint density at radius 1 is 1.14 bits per heavy atom. The van der Waals surface area contributed by atoms with Crippen molar-refractivity contribution >= 4 is 11.4 Å². The molecule has 2 nitrogen and oxygen atoms in total. The molecule has 0 radical (unpaired) electrons. The van der Waals surface area contributed by atoms with Gasteiger partial charge in [-0.05, 0) is 12.0 Å². The van der Waals surface area contributed by atoms with Gasteiger partial charge in [-0.25, -0.2) is 8.78 Å². The van der Waals surface area contributed by atoms with Gasteiger partial charge in [0.1, 0.15) is 0 Å². The summed E-state index contributed by atoms with van der Waals surface area (Å²) in [6.07, 6.45) is 0.943. The van der Waals surface area contributed by atoms with Gasteiger partial charge in [0.2, 0.25) is 0 Å². The first-order valence-electron chi connectivity index (χ1n) is 7.22. The second-order valence-corrected chi connectivity index (χ2v) is 5.34. The van der Waals surface area contributed by atoms with Crippen molar-refractivity contribution in [3.05, 3.63) is 59.7 Å².